The summed E-state index contributed by atoms with van der Waals surface area (Å²) in [5, 5.41) is 0. The first-order chi connectivity index (χ1) is 16.3. The fourth-order valence-electron chi connectivity index (χ4n) is 10.4. The van der Waals surface area contributed by atoms with Gasteiger partial charge in [0.05, 0.1) is 11.1 Å². The number of aromatic nitrogens is 1. The Morgan fingerprint density at radius 2 is 0.941 bits per heavy atom. The molecule has 0 atom stereocenters. The van der Waals surface area contributed by atoms with E-state index in [9.17, 15) is 9.59 Å². The van der Waals surface area contributed by atoms with Crippen molar-refractivity contribution in [3.63, 3.8) is 0 Å². The van der Waals surface area contributed by atoms with Gasteiger partial charge in [-0.25, -0.2) is 0 Å². The molecule has 8 bridgehead atoms. The molecule has 5 heteroatoms. The van der Waals surface area contributed by atoms with Crippen LogP contribution in [0.5, 0.6) is 0 Å². The molecule has 0 unspecified atom stereocenters. The largest absolute Gasteiger partial charge is 0.336 e. The van der Waals surface area contributed by atoms with E-state index in [1.54, 1.807) is 12.4 Å². The van der Waals surface area contributed by atoms with Gasteiger partial charge >= 0.3 is 0 Å². The van der Waals surface area contributed by atoms with Crippen LogP contribution in [0.25, 0.3) is 0 Å². The number of carbonyl (C=O) groups excluding carboxylic acids is 2. The van der Waals surface area contributed by atoms with E-state index in [1.165, 1.54) is 38.5 Å². The lowest BCUT2D eigenvalue weighted by Crippen LogP contribution is -2.60. The van der Waals surface area contributed by atoms with E-state index in [-0.39, 0.29) is 22.9 Å². The quantitative estimate of drug-likeness (QED) is 0.622. The maximum Gasteiger partial charge on any atom is 0.255 e. The molecule has 0 spiro atoms. The highest BCUT2D eigenvalue weighted by Gasteiger charge is 2.55. The molecule has 1 heterocycles. The second-order valence-corrected chi connectivity index (χ2v) is 13.5. The van der Waals surface area contributed by atoms with Gasteiger partial charge in [0, 0.05) is 37.6 Å². The zero-order valence-electron chi connectivity index (χ0n) is 20.8. The molecule has 8 fully saturated rings. The number of hydrogen-bond donors (Lipinski definition) is 0. The zero-order valence-corrected chi connectivity index (χ0v) is 20.8. The van der Waals surface area contributed by atoms with E-state index in [2.05, 4.69) is 4.98 Å². The second-order valence-electron chi connectivity index (χ2n) is 13.5. The summed E-state index contributed by atoms with van der Waals surface area (Å²) in [4.78, 5) is 35.9. The van der Waals surface area contributed by atoms with Crippen molar-refractivity contribution < 1.29 is 9.59 Å². The highest BCUT2D eigenvalue weighted by atomic mass is 16.2. The van der Waals surface area contributed by atoms with Gasteiger partial charge in [0.2, 0.25) is 0 Å². The third-order valence-corrected chi connectivity index (χ3v) is 11.3. The van der Waals surface area contributed by atoms with E-state index in [4.69, 9.17) is 0 Å². The van der Waals surface area contributed by atoms with Crippen LogP contribution in [0.2, 0.25) is 0 Å². The van der Waals surface area contributed by atoms with Gasteiger partial charge in [0.1, 0.15) is 0 Å². The number of carbonyl (C=O) groups is 2. The van der Waals surface area contributed by atoms with Crippen LogP contribution in [0.4, 0.5) is 0 Å². The molecule has 1 aromatic rings. The maximum atomic E-state index is 13.7. The number of nitrogens with zero attached hydrogens (tertiary/aromatic N) is 3. The second kappa shape index (κ2) is 7.30. The third-order valence-electron chi connectivity index (χ3n) is 11.3. The summed E-state index contributed by atoms with van der Waals surface area (Å²) >= 11 is 0. The van der Waals surface area contributed by atoms with Crippen LogP contribution >= 0.6 is 0 Å². The fourth-order valence-corrected chi connectivity index (χ4v) is 10.4. The number of amides is 2. The predicted octanol–water partition coefficient (Wildman–Crippen LogP) is 5.16. The molecule has 0 radical (unpaired) electrons. The van der Waals surface area contributed by atoms with Crippen LogP contribution < -0.4 is 0 Å². The molecule has 0 N–H and O–H groups in total. The number of hydrogen-bond acceptors (Lipinski definition) is 3. The van der Waals surface area contributed by atoms with Crippen molar-refractivity contribution in [1.82, 2.24) is 14.8 Å². The average molecular weight is 462 g/mol. The van der Waals surface area contributed by atoms with Crippen LogP contribution in [0.1, 0.15) is 97.8 Å². The molecule has 1 aromatic heterocycles. The monoisotopic (exact) mass is 461 g/mol. The van der Waals surface area contributed by atoms with Gasteiger partial charge in [-0.3, -0.25) is 14.6 Å². The van der Waals surface area contributed by atoms with E-state index in [0.717, 1.165) is 74.0 Å². The minimum atomic E-state index is 0.0157. The normalized spacial score (nSPS) is 43.2. The standard InChI is InChI=1S/C29H39N3O2/c1-31(28-10-18-3-19(11-28)5-20(4-18)12-28)26(33)24-9-25(17-30-16-24)27(34)32(2)29-13-21-6-22(14-29)8-23(7-21)15-29/h9,16-23H,3-8,10-15H2,1-2H3. The highest BCUT2D eigenvalue weighted by molar-refractivity contribution is 5.99. The van der Waals surface area contributed by atoms with Crippen molar-refractivity contribution in [3.8, 4) is 0 Å². The van der Waals surface area contributed by atoms with Crippen molar-refractivity contribution in [1.29, 1.82) is 0 Å². The maximum absolute atomic E-state index is 13.7. The third kappa shape index (κ3) is 3.14. The molecule has 5 nitrogen and oxygen atoms in total. The molecule has 182 valence electrons. The lowest BCUT2D eigenvalue weighted by molar-refractivity contribution is -0.0666. The predicted molar refractivity (Wildman–Crippen MR) is 130 cm³/mol. The Hall–Kier alpha value is -1.91. The van der Waals surface area contributed by atoms with Crippen molar-refractivity contribution in [2.45, 2.75) is 88.1 Å². The van der Waals surface area contributed by atoms with Gasteiger partial charge in [-0.15, -0.1) is 0 Å². The molecule has 8 aliphatic rings. The van der Waals surface area contributed by atoms with Crippen LogP contribution in [-0.4, -0.2) is 51.8 Å². The molecule has 0 saturated heterocycles. The molecule has 0 aliphatic heterocycles. The van der Waals surface area contributed by atoms with Crippen LogP contribution in [0.15, 0.2) is 18.5 Å². The Morgan fingerprint density at radius 1 is 0.647 bits per heavy atom. The first-order valence-corrected chi connectivity index (χ1v) is 13.8. The molecule has 2 amide bonds. The average Bonchev–Trinajstić information content (AvgIpc) is 2.80. The van der Waals surface area contributed by atoms with Crippen LogP contribution in [-0.2, 0) is 0 Å². The molecular weight excluding hydrogens is 422 g/mol. The summed E-state index contributed by atoms with van der Waals surface area (Å²) in [7, 11) is 4.01. The van der Waals surface area contributed by atoms with Gasteiger partial charge in [-0.2, -0.15) is 0 Å². The number of rotatable bonds is 4. The lowest BCUT2D eigenvalue weighted by Gasteiger charge is -2.59. The first kappa shape index (κ1) is 21.4. The SMILES string of the molecule is CN(C(=O)c1cncc(C(=O)N(C)C23CC4CC(CC(C4)C2)C3)c1)C12CC3CC(CC(C3)C1)C2. The lowest BCUT2D eigenvalue weighted by atomic mass is 9.52. The van der Waals surface area contributed by atoms with Gasteiger partial charge in [-0.05, 0) is 119 Å². The Balaban J connectivity index is 1.12. The Kier molecular flexibility index (Phi) is 4.59. The van der Waals surface area contributed by atoms with Crippen molar-refractivity contribution >= 4 is 11.8 Å². The zero-order chi connectivity index (χ0) is 23.2. The molecule has 9 rings (SSSR count). The van der Waals surface area contributed by atoms with E-state index >= 15 is 0 Å². The molecule has 8 aliphatic carbocycles. The number of pyridine rings is 1. The summed E-state index contributed by atoms with van der Waals surface area (Å²) in [6.45, 7) is 0. The molecule has 8 saturated carbocycles. The van der Waals surface area contributed by atoms with E-state index in [0.29, 0.717) is 11.1 Å². The molecular formula is C29H39N3O2. The summed E-state index contributed by atoms with van der Waals surface area (Å²) < 4.78 is 0. The summed E-state index contributed by atoms with van der Waals surface area (Å²) in [5.41, 5.74) is 1.18. The van der Waals surface area contributed by atoms with Crippen molar-refractivity contribution in [2.75, 3.05) is 14.1 Å². The van der Waals surface area contributed by atoms with E-state index in [1.807, 2.05) is 30.0 Å². The van der Waals surface area contributed by atoms with E-state index < -0.39 is 0 Å². The molecule has 0 aromatic carbocycles. The van der Waals surface area contributed by atoms with Gasteiger partial charge in [0.25, 0.3) is 11.8 Å². The fraction of sp³-hybridized carbons (Fsp3) is 0.759. The summed E-state index contributed by atoms with van der Waals surface area (Å²) in [6, 6.07) is 1.83. The molecule has 34 heavy (non-hydrogen) atoms. The van der Waals surface area contributed by atoms with Crippen LogP contribution in [0, 0.1) is 35.5 Å². The Labute approximate surface area is 203 Å². The van der Waals surface area contributed by atoms with Gasteiger partial charge in [0.15, 0.2) is 0 Å². The van der Waals surface area contributed by atoms with Crippen LogP contribution in [0.3, 0.4) is 0 Å². The minimum absolute atomic E-state index is 0.0157. The summed E-state index contributed by atoms with van der Waals surface area (Å²) in [5.74, 6) is 4.84. The Morgan fingerprint density at radius 3 is 1.24 bits per heavy atom. The van der Waals surface area contributed by atoms with Crippen molar-refractivity contribution in [3.05, 3.63) is 29.6 Å². The first-order valence-electron chi connectivity index (χ1n) is 13.8. The Bertz CT molecular complexity index is 884. The smallest absolute Gasteiger partial charge is 0.255 e. The summed E-state index contributed by atoms with van der Waals surface area (Å²) in [6.07, 6.45) is 18.5. The van der Waals surface area contributed by atoms with Gasteiger partial charge < -0.3 is 9.80 Å². The van der Waals surface area contributed by atoms with Gasteiger partial charge in [-0.1, -0.05) is 0 Å². The van der Waals surface area contributed by atoms with Crippen molar-refractivity contribution in [2.24, 2.45) is 35.5 Å². The minimum Gasteiger partial charge on any atom is -0.336 e. The highest BCUT2D eigenvalue weighted by Crippen LogP contribution is 2.59. The topological polar surface area (TPSA) is 53.5 Å².